The third-order valence-corrected chi connectivity index (χ3v) is 6.47. The molecule has 1 heterocycles. The van der Waals surface area contributed by atoms with Gasteiger partial charge in [0.1, 0.15) is 6.04 Å². The van der Waals surface area contributed by atoms with Crippen molar-refractivity contribution < 1.29 is 14.7 Å². The number of hydrogen-bond acceptors (Lipinski definition) is 3. The largest absolute Gasteiger partial charge is 0.481 e. The van der Waals surface area contributed by atoms with Gasteiger partial charge in [0.2, 0.25) is 0 Å². The Morgan fingerprint density at radius 3 is 2.45 bits per heavy atom. The van der Waals surface area contributed by atoms with Gasteiger partial charge in [-0.15, -0.1) is 0 Å². The topological polar surface area (TPSA) is 70.0 Å². The van der Waals surface area contributed by atoms with Gasteiger partial charge in [0.25, 0.3) is 5.91 Å². The van der Waals surface area contributed by atoms with Gasteiger partial charge < -0.3 is 10.0 Å². The van der Waals surface area contributed by atoms with Crippen LogP contribution in [0.4, 0.5) is 5.69 Å². The number of benzene rings is 2. The van der Waals surface area contributed by atoms with Crippen molar-refractivity contribution in [2.45, 2.75) is 51.0 Å². The minimum Gasteiger partial charge on any atom is -0.481 e. The number of carboxylic acids is 1. The highest BCUT2D eigenvalue weighted by Gasteiger charge is 2.37. The molecule has 0 spiro atoms. The van der Waals surface area contributed by atoms with E-state index in [-0.39, 0.29) is 24.8 Å². The van der Waals surface area contributed by atoms with Gasteiger partial charge in [-0.3, -0.25) is 14.6 Å². The standard InChI is InChI=1S/C25H27ClN2O3/c26-19-12-13-21-20(16-19)23(17-8-6-3-7-9-17)27-24(18-10-4-1-2-5-11-18)25(31)28(21)15-14-22(29)30/h3,6-9,12-13,16,18,24H,1-2,4-5,10-11,14-15H2,(H,29,30)/t24-/m0/s1. The number of aliphatic imine (C=N–C) groups is 1. The molecule has 1 amide bonds. The average molecular weight is 439 g/mol. The van der Waals surface area contributed by atoms with Gasteiger partial charge in [-0.2, -0.15) is 0 Å². The lowest BCUT2D eigenvalue weighted by molar-refractivity contribution is -0.136. The Bertz CT molecular complexity index is 982. The SMILES string of the molecule is O=C(O)CCN1C(=O)[C@H](C2CCCCCC2)N=C(c2ccccc2)c2cc(Cl)ccc21. The molecule has 5 nitrogen and oxygen atoms in total. The molecule has 0 aromatic heterocycles. The second-order valence-corrected chi connectivity index (χ2v) is 8.77. The number of amides is 1. The van der Waals surface area contributed by atoms with Crippen LogP contribution in [0, 0.1) is 5.92 Å². The molecule has 1 aliphatic heterocycles. The fourth-order valence-electron chi connectivity index (χ4n) is 4.67. The number of carbonyl (C=O) groups excluding carboxylic acids is 1. The van der Waals surface area contributed by atoms with E-state index < -0.39 is 12.0 Å². The van der Waals surface area contributed by atoms with Crippen LogP contribution in [0.25, 0.3) is 0 Å². The molecule has 2 aromatic carbocycles. The molecule has 1 N–H and O–H groups in total. The molecule has 0 saturated heterocycles. The van der Waals surface area contributed by atoms with Crippen molar-refractivity contribution in [3.05, 3.63) is 64.7 Å². The van der Waals surface area contributed by atoms with Crippen molar-refractivity contribution in [2.75, 3.05) is 11.4 Å². The van der Waals surface area contributed by atoms with Crippen LogP contribution in [0.3, 0.4) is 0 Å². The zero-order chi connectivity index (χ0) is 21.8. The smallest absolute Gasteiger partial charge is 0.305 e. The lowest BCUT2D eigenvalue weighted by Gasteiger charge is -2.28. The van der Waals surface area contributed by atoms with Crippen LogP contribution in [0.2, 0.25) is 5.02 Å². The van der Waals surface area contributed by atoms with Gasteiger partial charge in [0.05, 0.1) is 17.8 Å². The van der Waals surface area contributed by atoms with E-state index in [2.05, 4.69) is 0 Å². The zero-order valence-electron chi connectivity index (χ0n) is 17.5. The van der Waals surface area contributed by atoms with Crippen molar-refractivity contribution in [1.29, 1.82) is 0 Å². The number of rotatable bonds is 5. The van der Waals surface area contributed by atoms with E-state index in [1.54, 1.807) is 11.0 Å². The molecule has 2 aromatic rings. The first-order valence-electron chi connectivity index (χ1n) is 11.0. The molecular weight excluding hydrogens is 412 g/mol. The maximum atomic E-state index is 13.8. The Morgan fingerprint density at radius 2 is 1.77 bits per heavy atom. The summed E-state index contributed by atoms with van der Waals surface area (Å²) in [5, 5.41) is 9.84. The van der Waals surface area contributed by atoms with Gasteiger partial charge >= 0.3 is 5.97 Å². The number of benzodiazepines with no additional fused rings is 1. The minimum absolute atomic E-state index is 0.109. The van der Waals surface area contributed by atoms with Crippen molar-refractivity contribution >= 4 is 34.9 Å². The number of carboxylic acid groups (broad SMARTS) is 1. The average Bonchev–Trinajstić information content (AvgIpc) is 3.10. The molecule has 1 saturated carbocycles. The van der Waals surface area contributed by atoms with E-state index in [9.17, 15) is 14.7 Å². The van der Waals surface area contributed by atoms with Crippen LogP contribution in [-0.4, -0.2) is 35.3 Å². The fraction of sp³-hybridized carbons (Fsp3) is 0.400. The molecule has 1 aliphatic carbocycles. The number of carbonyl (C=O) groups is 2. The van der Waals surface area contributed by atoms with Gasteiger partial charge in [0.15, 0.2) is 0 Å². The Morgan fingerprint density at radius 1 is 1.06 bits per heavy atom. The summed E-state index contributed by atoms with van der Waals surface area (Å²) < 4.78 is 0. The molecule has 0 unspecified atom stereocenters. The Balaban J connectivity index is 1.87. The number of aliphatic carboxylic acids is 1. The Kier molecular flexibility index (Phi) is 6.71. The molecule has 0 radical (unpaired) electrons. The highest BCUT2D eigenvalue weighted by Crippen LogP contribution is 2.35. The number of halogens is 1. The summed E-state index contributed by atoms with van der Waals surface area (Å²) in [6.45, 7) is 0.115. The monoisotopic (exact) mass is 438 g/mol. The summed E-state index contributed by atoms with van der Waals surface area (Å²) in [5.41, 5.74) is 3.12. The number of anilines is 1. The van der Waals surface area contributed by atoms with Gasteiger partial charge in [0, 0.05) is 22.7 Å². The van der Waals surface area contributed by atoms with Crippen molar-refractivity contribution in [3.63, 3.8) is 0 Å². The molecular formula is C25H27ClN2O3. The third kappa shape index (κ3) is 4.82. The Labute approximate surface area is 187 Å². The van der Waals surface area contributed by atoms with Crippen molar-refractivity contribution in [1.82, 2.24) is 0 Å². The fourth-order valence-corrected chi connectivity index (χ4v) is 4.85. The van der Waals surface area contributed by atoms with Crippen LogP contribution in [0.5, 0.6) is 0 Å². The first kappa shape index (κ1) is 21.6. The van der Waals surface area contributed by atoms with Crippen LogP contribution in [0.15, 0.2) is 53.5 Å². The molecule has 31 heavy (non-hydrogen) atoms. The quantitative estimate of drug-likeness (QED) is 0.640. The first-order valence-corrected chi connectivity index (χ1v) is 11.4. The highest BCUT2D eigenvalue weighted by molar-refractivity contribution is 6.32. The maximum Gasteiger partial charge on any atom is 0.305 e. The molecule has 1 fully saturated rings. The van der Waals surface area contributed by atoms with Crippen LogP contribution in [0.1, 0.15) is 56.1 Å². The van der Waals surface area contributed by atoms with Crippen molar-refractivity contribution in [2.24, 2.45) is 10.9 Å². The van der Waals surface area contributed by atoms with Gasteiger partial charge in [-0.25, -0.2) is 0 Å². The maximum absolute atomic E-state index is 13.8. The Hall–Kier alpha value is -2.66. The lowest BCUT2D eigenvalue weighted by Crippen LogP contribution is -2.42. The van der Waals surface area contributed by atoms with E-state index in [0.29, 0.717) is 10.7 Å². The van der Waals surface area contributed by atoms with Crippen LogP contribution >= 0.6 is 11.6 Å². The van der Waals surface area contributed by atoms with Crippen LogP contribution < -0.4 is 4.90 Å². The van der Waals surface area contributed by atoms with Crippen LogP contribution in [-0.2, 0) is 9.59 Å². The predicted molar refractivity (Wildman–Crippen MR) is 123 cm³/mol. The molecule has 6 heteroatoms. The molecule has 4 rings (SSSR count). The summed E-state index contributed by atoms with van der Waals surface area (Å²) >= 11 is 6.35. The van der Waals surface area contributed by atoms with E-state index in [4.69, 9.17) is 16.6 Å². The summed E-state index contributed by atoms with van der Waals surface area (Å²) in [6, 6.07) is 14.7. The highest BCUT2D eigenvalue weighted by atomic mass is 35.5. The lowest BCUT2D eigenvalue weighted by atomic mass is 9.91. The number of hydrogen-bond donors (Lipinski definition) is 1. The zero-order valence-corrected chi connectivity index (χ0v) is 18.2. The predicted octanol–water partition coefficient (Wildman–Crippen LogP) is 5.34. The molecule has 1 atom stereocenters. The molecule has 162 valence electrons. The third-order valence-electron chi connectivity index (χ3n) is 6.23. The molecule has 2 aliphatic rings. The van der Waals surface area contributed by atoms with E-state index in [1.165, 1.54) is 12.8 Å². The minimum atomic E-state index is -0.928. The normalized spacial score (nSPS) is 19.9. The number of fused-ring (bicyclic) bond motifs is 1. The second kappa shape index (κ2) is 9.65. The van der Waals surface area contributed by atoms with E-state index in [0.717, 1.165) is 42.5 Å². The molecule has 0 bridgehead atoms. The first-order chi connectivity index (χ1) is 15.0. The van der Waals surface area contributed by atoms with E-state index >= 15 is 0 Å². The van der Waals surface area contributed by atoms with Crippen molar-refractivity contribution in [3.8, 4) is 0 Å². The van der Waals surface area contributed by atoms with Gasteiger partial charge in [-0.05, 0) is 37.0 Å². The summed E-state index contributed by atoms with van der Waals surface area (Å²) in [7, 11) is 0. The van der Waals surface area contributed by atoms with E-state index in [1.807, 2.05) is 42.5 Å². The summed E-state index contributed by atoms with van der Waals surface area (Å²) in [5.74, 6) is -0.878. The summed E-state index contributed by atoms with van der Waals surface area (Å²) in [4.78, 5) is 31.8. The summed E-state index contributed by atoms with van der Waals surface area (Å²) in [6.07, 6.45) is 6.37. The second-order valence-electron chi connectivity index (χ2n) is 8.34. The number of nitrogens with zero attached hydrogens (tertiary/aromatic N) is 2. The van der Waals surface area contributed by atoms with Gasteiger partial charge in [-0.1, -0.05) is 67.6 Å².